The van der Waals surface area contributed by atoms with Gasteiger partial charge in [0.05, 0.1) is 5.92 Å². The number of hydrogen-bond donors (Lipinski definition) is 2. The van der Waals surface area contributed by atoms with Gasteiger partial charge in [-0.15, -0.1) is 0 Å². The van der Waals surface area contributed by atoms with Gasteiger partial charge < -0.3 is 5.32 Å². The Bertz CT molecular complexity index is 562. The molecule has 1 aromatic rings. The van der Waals surface area contributed by atoms with Crippen LogP contribution in [0.5, 0.6) is 0 Å². The zero-order valence-corrected chi connectivity index (χ0v) is 9.59. The Kier molecular flexibility index (Phi) is 2.30. The van der Waals surface area contributed by atoms with E-state index >= 15 is 0 Å². The molecule has 2 N–H and O–H groups in total. The molecule has 90 valence electrons. The molecule has 4 heteroatoms. The van der Waals surface area contributed by atoms with Gasteiger partial charge in [0, 0.05) is 5.69 Å². The van der Waals surface area contributed by atoms with E-state index in [9.17, 15) is 9.59 Å². The maximum absolute atomic E-state index is 12.1. The highest BCUT2D eigenvalue weighted by Gasteiger charge is 2.53. The lowest BCUT2D eigenvalue weighted by Gasteiger charge is -2.30. The number of carbonyl (C=O) groups is 2. The van der Waals surface area contributed by atoms with Gasteiger partial charge in [0.2, 0.25) is 5.91 Å². The Labute approximate surface area is 104 Å². The number of para-hydroxylation sites is 1. The van der Waals surface area contributed by atoms with Gasteiger partial charge in [0.15, 0.2) is 5.54 Å². The van der Waals surface area contributed by atoms with Crippen molar-refractivity contribution in [2.24, 2.45) is 5.92 Å². The summed E-state index contributed by atoms with van der Waals surface area (Å²) >= 11 is 0. The van der Waals surface area contributed by atoms with Crippen molar-refractivity contribution in [3.8, 4) is 0 Å². The number of hydrogen-bond acceptors (Lipinski definition) is 3. The monoisotopic (exact) mass is 240 g/mol. The molecule has 4 nitrogen and oxygen atoms in total. The molecule has 3 rings (SSSR count). The van der Waals surface area contributed by atoms with E-state index in [1.54, 1.807) is 24.3 Å². The van der Waals surface area contributed by atoms with E-state index in [1.165, 1.54) is 0 Å². The normalized spacial score (nSPS) is 29.0. The lowest BCUT2D eigenvalue weighted by Crippen LogP contribution is -2.48. The highest BCUT2D eigenvalue weighted by atomic mass is 16.2. The molecule has 1 aromatic carbocycles. The van der Waals surface area contributed by atoms with Gasteiger partial charge >= 0.3 is 0 Å². The fraction of sp³-hybridized carbons (Fsp3) is 0.143. The Hall–Kier alpha value is -2.36. The number of fused-ring (bicyclic) bond motifs is 1. The van der Waals surface area contributed by atoms with Crippen LogP contribution in [0.1, 0.15) is 0 Å². The highest BCUT2D eigenvalue weighted by molar-refractivity contribution is 6.13. The van der Waals surface area contributed by atoms with E-state index in [1.807, 2.05) is 30.3 Å². The highest BCUT2D eigenvalue weighted by Crippen LogP contribution is 2.33. The third kappa shape index (κ3) is 1.46. The van der Waals surface area contributed by atoms with Crippen LogP contribution in [0, 0.1) is 5.92 Å². The molecule has 1 aliphatic heterocycles. The molecular weight excluding hydrogens is 228 g/mol. The summed E-state index contributed by atoms with van der Waals surface area (Å²) in [4.78, 5) is 23.8. The number of benzene rings is 1. The number of rotatable bonds is 2. The predicted molar refractivity (Wildman–Crippen MR) is 67.7 cm³/mol. The van der Waals surface area contributed by atoms with Crippen LogP contribution in [0.3, 0.4) is 0 Å². The fourth-order valence-electron chi connectivity index (χ4n) is 2.38. The molecule has 0 radical (unpaired) electrons. The molecule has 0 spiro atoms. The van der Waals surface area contributed by atoms with Crippen LogP contribution in [-0.4, -0.2) is 17.4 Å². The van der Waals surface area contributed by atoms with Crippen LogP contribution in [0.2, 0.25) is 0 Å². The van der Waals surface area contributed by atoms with Crippen molar-refractivity contribution >= 4 is 17.5 Å². The zero-order chi connectivity index (χ0) is 12.6. The average Bonchev–Trinajstić information content (AvgIpc) is 2.63. The lowest BCUT2D eigenvalue weighted by molar-refractivity contribution is -0.125. The Balaban J connectivity index is 2.01. The second kappa shape index (κ2) is 3.84. The molecule has 1 fully saturated rings. The van der Waals surface area contributed by atoms with Gasteiger partial charge in [-0.3, -0.25) is 14.9 Å². The first kappa shape index (κ1) is 10.8. The molecule has 2 atom stereocenters. The van der Waals surface area contributed by atoms with Gasteiger partial charge in [0.1, 0.15) is 0 Å². The third-order valence-electron chi connectivity index (χ3n) is 3.28. The minimum atomic E-state index is -0.993. The predicted octanol–water partition coefficient (Wildman–Crippen LogP) is 1.24. The second-order valence-electron chi connectivity index (χ2n) is 4.40. The quantitative estimate of drug-likeness (QED) is 0.764. The maximum Gasteiger partial charge on any atom is 0.257 e. The lowest BCUT2D eigenvalue weighted by atomic mass is 9.82. The molecule has 1 heterocycles. The number of allylic oxidation sites excluding steroid dienone is 2. The first-order chi connectivity index (χ1) is 8.72. The van der Waals surface area contributed by atoms with Crippen molar-refractivity contribution in [2.45, 2.75) is 5.54 Å². The van der Waals surface area contributed by atoms with E-state index in [2.05, 4.69) is 10.6 Å². The molecule has 1 aliphatic carbocycles. The molecule has 0 aromatic heterocycles. The van der Waals surface area contributed by atoms with Crippen molar-refractivity contribution in [3.05, 3.63) is 54.6 Å². The van der Waals surface area contributed by atoms with Crippen LogP contribution >= 0.6 is 0 Å². The van der Waals surface area contributed by atoms with Crippen molar-refractivity contribution in [1.29, 1.82) is 0 Å². The van der Waals surface area contributed by atoms with Crippen LogP contribution in [0.15, 0.2) is 54.6 Å². The van der Waals surface area contributed by atoms with Gasteiger partial charge in [-0.25, -0.2) is 0 Å². The first-order valence-electron chi connectivity index (χ1n) is 5.77. The Morgan fingerprint density at radius 1 is 1.11 bits per heavy atom. The van der Waals surface area contributed by atoms with Crippen molar-refractivity contribution in [3.63, 3.8) is 0 Å². The van der Waals surface area contributed by atoms with E-state index in [4.69, 9.17) is 0 Å². The smallest absolute Gasteiger partial charge is 0.257 e. The van der Waals surface area contributed by atoms with Crippen LogP contribution < -0.4 is 10.6 Å². The van der Waals surface area contributed by atoms with E-state index in [0.29, 0.717) is 0 Å². The summed E-state index contributed by atoms with van der Waals surface area (Å²) in [5.41, 5.74) is -0.181. The number of anilines is 1. The molecule has 0 bridgehead atoms. The first-order valence-corrected chi connectivity index (χ1v) is 5.77. The number of carbonyl (C=O) groups excluding carboxylic acids is 2. The summed E-state index contributed by atoms with van der Waals surface area (Å²) in [6, 6.07) is 9.40. The molecule has 0 saturated carbocycles. The Morgan fingerprint density at radius 3 is 2.67 bits per heavy atom. The maximum atomic E-state index is 12.1. The van der Waals surface area contributed by atoms with E-state index in [-0.39, 0.29) is 11.8 Å². The van der Waals surface area contributed by atoms with Crippen LogP contribution in [0.4, 0.5) is 5.69 Å². The fourth-order valence-corrected chi connectivity index (χ4v) is 2.38. The zero-order valence-electron chi connectivity index (χ0n) is 9.59. The molecular formula is C14H12N2O2. The van der Waals surface area contributed by atoms with Crippen molar-refractivity contribution in [2.75, 3.05) is 5.32 Å². The standard InChI is InChI=1S/C14H12N2O2/c17-12-11-8-4-5-9-14(11,13(18)15-12)16-10-6-2-1-3-7-10/h1-9,11,16H,(H,15,17,18). The molecule has 18 heavy (non-hydrogen) atoms. The summed E-state index contributed by atoms with van der Waals surface area (Å²) in [5, 5.41) is 5.54. The van der Waals surface area contributed by atoms with Gasteiger partial charge in [-0.05, 0) is 18.2 Å². The molecule has 2 amide bonds. The summed E-state index contributed by atoms with van der Waals surface area (Å²) < 4.78 is 0. The van der Waals surface area contributed by atoms with Crippen molar-refractivity contribution < 1.29 is 9.59 Å². The number of amides is 2. The van der Waals surface area contributed by atoms with Gasteiger partial charge in [-0.1, -0.05) is 36.4 Å². The summed E-state index contributed by atoms with van der Waals surface area (Å²) in [6.45, 7) is 0. The minimum absolute atomic E-state index is 0.260. The SMILES string of the molecule is O=C1NC(=O)C2(Nc3ccccc3)C=CC=CC12. The molecule has 1 saturated heterocycles. The van der Waals surface area contributed by atoms with Gasteiger partial charge in [0.25, 0.3) is 5.91 Å². The van der Waals surface area contributed by atoms with E-state index in [0.717, 1.165) is 5.69 Å². The summed E-state index contributed by atoms with van der Waals surface area (Å²) in [5.74, 6) is -1.05. The van der Waals surface area contributed by atoms with Crippen molar-refractivity contribution in [1.82, 2.24) is 5.32 Å². The molecule has 2 unspecified atom stereocenters. The largest absolute Gasteiger partial charge is 0.367 e. The minimum Gasteiger partial charge on any atom is -0.367 e. The summed E-state index contributed by atoms with van der Waals surface area (Å²) in [6.07, 6.45) is 7.06. The van der Waals surface area contributed by atoms with Gasteiger partial charge in [-0.2, -0.15) is 0 Å². The third-order valence-corrected chi connectivity index (χ3v) is 3.28. The van der Waals surface area contributed by atoms with Crippen LogP contribution in [-0.2, 0) is 9.59 Å². The molecule has 2 aliphatic rings. The summed E-state index contributed by atoms with van der Waals surface area (Å²) in [7, 11) is 0. The number of nitrogens with one attached hydrogen (secondary N) is 2. The number of imide groups is 1. The average molecular weight is 240 g/mol. The second-order valence-corrected chi connectivity index (χ2v) is 4.40. The van der Waals surface area contributed by atoms with E-state index < -0.39 is 11.5 Å². The van der Waals surface area contributed by atoms with Crippen LogP contribution in [0.25, 0.3) is 0 Å². The topological polar surface area (TPSA) is 58.2 Å². The Morgan fingerprint density at radius 2 is 1.89 bits per heavy atom.